The smallest absolute Gasteiger partial charge is 0.273 e. The summed E-state index contributed by atoms with van der Waals surface area (Å²) in [6, 6.07) is -0.104. The highest BCUT2D eigenvalue weighted by molar-refractivity contribution is 7.09. The lowest BCUT2D eigenvalue weighted by Crippen LogP contribution is -2.31. The molecule has 0 bridgehead atoms. The Kier molecular flexibility index (Phi) is 3.97. The van der Waals surface area contributed by atoms with Crippen LogP contribution in [-0.4, -0.2) is 28.9 Å². The fourth-order valence-electron chi connectivity index (χ4n) is 2.41. The van der Waals surface area contributed by atoms with Crippen molar-refractivity contribution in [3.63, 3.8) is 0 Å². The van der Waals surface area contributed by atoms with E-state index in [-0.39, 0.29) is 17.4 Å². The van der Waals surface area contributed by atoms with Crippen molar-refractivity contribution >= 4 is 17.2 Å². The lowest BCUT2D eigenvalue weighted by Gasteiger charge is -2.26. The van der Waals surface area contributed by atoms with Crippen molar-refractivity contribution in [1.82, 2.24) is 9.88 Å². The van der Waals surface area contributed by atoms with Crippen molar-refractivity contribution in [1.29, 1.82) is 0 Å². The molecule has 5 heteroatoms. The third-order valence-corrected chi connectivity index (χ3v) is 4.88. The molecule has 0 radical (unpaired) electrons. The summed E-state index contributed by atoms with van der Waals surface area (Å²) < 4.78 is 0. The molecule has 0 spiro atoms. The maximum Gasteiger partial charge on any atom is 0.273 e. The van der Waals surface area contributed by atoms with E-state index in [1.165, 1.54) is 11.3 Å². The second-order valence-corrected chi connectivity index (χ2v) is 7.35. The molecule has 2 heterocycles. The van der Waals surface area contributed by atoms with Gasteiger partial charge in [0.1, 0.15) is 10.7 Å². The average Bonchev–Trinajstić information content (AvgIpc) is 2.97. The molecule has 2 N–H and O–H groups in total. The van der Waals surface area contributed by atoms with Crippen molar-refractivity contribution in [2.45, 2.75) is 40.2 Å². The van der Waals surface area contributed by atoms with Gasteiger partial charge in [0.2, 0.25) is 0 Å². The number of rotatable bonds is 2. The fraction of sp³-hybridized carbons (Fsp3) is 0.714. The third-order valence-electron chi connectivity index (χ3n) is 3.83. The number of hydrogen-bond acceptors (Lipinski definition) is 4. The minimum atomic E-state index is -0.104. The molecule has 1 aromatic heterocycles. The van der Waals surface area contributed by atoms with Gasteiger partial charge in [-0.25, -0.2) is 4.98 Å². The van der Waals surface area contributed by atoms with Crippen LogP contribution in [0.2, 0.25) is 0 Å². The summed E-state index contributed by atoms with van der Waals surface area (Å²) in [5.74, 6) is 0.623. The van der Waals surface area contributed by atoms with Gasteiger partial charge in [-0.05, 0) is 24.7 Å². The molecule has 0 aliphatic carbocycles. The van der Waals surface area contributed by atoms with Crippen molar-refractivity contribution in [3.05, 3.63) is 16.1 Å². The van der Waals surface area contributed by atoms with Crippen LogP contribution in [0.3, 0.4) is 0 Å². The zero-order valence-electron chi connectivity index (χ0n) is 12.1. The largest absolute Gasteiger partial charge is 0.337 e. The van der Waals surface area contributed by atoms with Crippen LogP contribution >= 0.6 is 11.3 Å². The first-order chi connectivity index (χ1) is 8.79. The van der Waals surface area contributed by atoms with E-state index in [9.17, 15) is 4.79 Å². The van der Waals surface area contributed by atoms with Gasteiger partial charge in [0.05, 0.1) is 6.04 Å². The van der Waals surface area contributed by atoms with Gasteiger partial charge in [0.15, 0.2) is 0 Å². The van der Waals surface area contributed by atoms with Crippen LogP contribution in [-0.2, 0) is 0 Å². The third kappa shape index (κ3) is 3.15. The van der Waals surface area contributed by atoms with Gasteiger partial charge in [0.25, 0.3) is 5.91 Å². The number of thiazole rings is 1. The number of carbonyl (C=O) groups is 1. The van der Waals surface area contributed by atoms with Crippen LogP contribution < -0.4 is 5.73 Å². The topological polar surface area (TPSA) is 59.2 Å². The molecule has 1 aromatic rings. The molecule has 19 heavy (non-hydrogen) atoms. The molecule has 4 nitrogen and oxygen atoms in total. The van der Waals surface area contributed by atoms with Gasteiger partial charge in [-0.2, -0.15) is 0 Å². The Hall–Kier alpha value is -0.940. The van der Waals surface area contributed by atoms with E-state index < -0.39 is 0 Å². The van der Waals surface area contributed by atoms with Crippen LogP contribution in [0.1, 0.15) is 55.7 Å². The normalized spacial score (nSPS) is 21.7. The van der Waals surface area contributed by atoms with Crippen molar-refractivity contribution < 1.29 is 4.79 Å². The summed E-state index contributed by atoms with van der Waals surface area (Å²) in [4.78, 5) is 18.7. The van der Waals surface area contributed by atoms with Crippen molar-refractivity contribution in [2.24, 2.45) is 17.1 Å². The number of carbonyl (C=O) groups excluding carboxylic acids is 1. The second kappa shape index (κ2) is 5.21. The molecule has 2 unspecified atom stereocenters. The summed E-state index contributed by atoms with van der Waals surface area (Å²) in [6.07, 6.45) is 1.08. The number of hydrogen-bond donors (Lipinski definition) is 1. The number of amides is 1. The Balaban J connectivity index is 2.05. The second-order valence-electron chi connectivity index (χ2n) is 6.46. The Morgan fingerprint density at radius 2 is 2.26 bits per heavy atom. The zero-order valence-corrected chi connectivity index (χ0v) is 13.0. The lowest BCUT2D eigenvalue weighted by atomic mass is 9.80. The zero-order chi connectivity index (χ0) is 14.2. The highest BCUT2D eigenvalue weighted by Gasteiger charge is 2.34. The standard InChI is InChI=1S/C14H23N3OS/c1-9(15)12-16-11(8-19-12)13(18)17-6-5-10(7-17)14(2,3)4/h8-10H,5-7,15H2,1-4H3. The van der Waals surface area contributed by atoms with Gasteiger partial charge in [-0.3, -0.25) is 4.79 Å². The first kappa shape index (κ1) is 14.5. The van der Waals surface area contributed by atoms with Gasteiger partial charge in [-0.15, -0.1) is 11.3 Å². The predicted octanol–water partition coefficient (Wildman–Crippen LogP) is 2.67. The predicted molar refractivity (Wildman–Crippen MR) is 78.2 cm³/mol. The van der Waals surface area contributed by atoms with E-state index >= 15 is 0 Å². The van der Waals surface area contributed by atoms with E-state index in [0.717, 1.165) is 24.5 Å². The monoisotopic (exact) mass is 281 g/mol. The van der Waals surface area contributed by atoms with E-state index in [1.54, 1.807) is 0 Å². The molecular formula is C14H23N3OS. The Morgan fingerprint density at radius 1 is 1.58 bits per heavy atom. The van der Waals surface area contributed by atoms with Crippen LogP contribution in [0, 0.1) is 11.3 Å². The van der Waals surface area contributed by atoms with E-state index in [1.807, 2.05) is 17.2 Å². The Morgan fingerprint density at radius 3 is 2.74 bits per heavy atom. The first-order valence-electron chi connectivity index (χ1n) is 6.79. The molecule has 0 aromatic carbocycles. The molecule has 0 saturated carbocycles. The highest BCUT2D eigenvalue weighted by Crippen LogP contribution is 2.34. The highest BCUT2D eigenvalue weighted by atomic mass is 32.1. The molecule has 2 rings (SSSR count). The summed E-state index contributed by atoms with van der Waals surface area (Å²) in [5.41, 5.74) is 6.59. The summed E-state index contributed by atoms with van der Waals surface area (Å²) in [6.45, 7) is 10.3. The van der Waals surface area contributed by atoms with Crippen LogP contribution in [0.15, 0.2) is 5.38 Å². The number of aromatic nitrogens is 1. The van der Waals surface area contributed by atoms with E-state index in [4.69, 9.17) is 5.73 Å². The number of nitrogens with zero attached hydrogens (tertiary/aromatic N) is 2. The molecule has 2 atom stereocenters. The quantitative estimate of drug-likeness (QED) is 0.906. The number of likely N-dealkylation sites (tertiary alicyclic amines) is 1. The first-order valence-corrected chi connectivity index (χ1v) is 7.67. The van der Waals surface area contributed by atoms with Crippen LogP contribution in [0.25, 0.3) is 0 Å². The van der Waals surface area contributed by atoms with Gasteiger partial charge in [0, 0.05) is 18.5 Å². The molecular weight excluding hydrogens is 258 g/mol. The summed E-state index contributed by atoms with van der Waals surface area (Å²) in [5, 5.41) is 2.65. The van der Waals surface area contributed by atoms with E-state index in [0.29, 0.717) is 11.6 Å². The molecule has 1 amide bonds. The fourth-order valence-corrected chi connectivity index (χ4v) is 3.16. The SMILES string of the molecule is CC(N)c1nc(C(=O)N2CCC(C(C)(C)C)C2)cs1. The minimum Gasteiger partial charge on any atom is -0.337 e. The van der Waals surface area contributed by atoms with Crippen molar-refractivity contribution in [3.8, 4) is 0 Å². The van der Waals surface area contributed by atoms with Crippen LogP contribution in [0.4, 0.5) is 0 Å². The Labute approximate surface area is 119 Å². The molecule has 1 fully saturated rings. The molecule has 1 saturated heterocycles. The van der Waals surface area contributed by atoms with Gasteiger partial charge in [-0.1, -0.05) is 20.8 Å². The van der Waals surface area contributed by atoms with Gasteiger partial charge < -0.3 is 10.6 Å². The Bertz CT molecular complexity index is 462. The minimum absolute atomic E-state index is 0.0508. The average molecular weight is 281 g/mol. The number of nitrogens with two attached hydrogens (primary N) is 1. The molecule has 106 valence electrons. The summed E-state index contributed by atoms with van der Waals surface area (Å²) in [7, 11) is 0. The van der Waals surface area contributed by atoms with Gasteiger partial charge >= 0.3 is 0 Å². The lowest BCUT2D eigenvalue weighted by molar-refractivity contribution is 0.0771. The molecule has 1 aliphatic rings. The van der Waals surface area contributed by atoms with E-state index in [2.05, 4.69) is 25.8 Å². The van der Waals surface area contributed by atoms with Crippen LogP contribution in [0.5, 0.6) is 0 Å². The maximum absolute atomic E-state index is 12.4. The summed E-state index contributed by atoms with van der Waals surface area (Å²) >= 11 is 1.47. The molecule has 1 aliphatic heterocycles. The van der Waals surface area contributed by atoms with Crippen molar-refractivity contribution in [2.75, 3.05) is 13.1 Å². The maximum atomic E-state index is 12.4.